The molecule has 7 heteroatoms. The summed E-state index contributed by atoms with van der Waals surface area (Å²) >= 11 is 0. The zero-order chi connectivity index (χ0) is 14.0. The molecule has 0 saturated heterocycles. The van der Waals surface area contributed by atoms with Crippen molar-refractivity contribution in [3.8, 4) is 0 Å². The second kappa shape index (κ2) is 4.83. The van der Waals surface area contributed by atoms with Crippen LogP contribution >= 0.6 is 0 Å². The number of carbonyl (C=O) groups excluding carboxylic acids is 1. The van der Waals surface area contributed by atoms with Gasteiger partial charge in [0, 0.05) is 0 Å². The van der Waals surface area contributed by atoms with Gasteiger partial charge in [0.05, 0.1) is 17.8 Å². The van der Waals surface area contributed by atoms with Gasteiger partial charge in [0.2, 0.25) is 5.82 Å². The Kier molecular flexibility index (Phi) is 3.37. The van der Waals surface area contributed by atoms with Gasteiger partial charge in [0.25, 0.3) is 5.91 Å². The number of nitrogens with zero attached hydrogens (tertiary/aromatic N) is 4. The first-order valence-electron chi connectivity index (χ1n) is 5.97. The lowest BCUT2D eigenvalue weighted by Crippen LogP contribution is -2.26. The molecule has 0 aromatic carbocycles. The first kappa shape index (κ1) is 13.3. The SMILES string of the molecule is Cc1ncoc1CNC(=O)c1ncn(C(C)(C)C)n1. The van der Waals surface area contributed by atoms with E-state index >= 15 is 0 Å². The average molecular weight is 263 g/mol. The van der Waals surface area contributed by atoms with Gasteiger partial charge in [-0.05, 0) is 27.7 Å². The van der Waals surface area contributed by atoms with Crippen LogP contribution in [0.15, 0.2) is 17.1 Å². The highest BCUT2D eigenvalue weighted by Crippen LogP contribution is 2.11. The van der Waals surface area contributed by atoms with Crippen LogP contribution in [0.3, 0.4) is 0 Å². The van der Waals surface area contributed by atoms with Gasteiger partial charge < -0.3 is 9.73 Å². The molecule has 0 saturated carbocycles. The lowest BCUT2D eigenvalue weighted by Gasteiger charge is -2.17. The monoisotopic (exact) mass is 263 g/mol. The van der Waals surface area contributed by atoms with Crippen LogP contribution in [0.2, 0.25) is 0 Å². The number of hydrogen-bond acceptors (Lipinski definition) is 5. The van der Waals surface area contributed by atoms with Gasteiger partial charge in [-0.3, -0.25) is 4.79 Å². The van der Waals surface area contributed by atoms with E-state index in [0.29, 0.717) is 5.76 Å². The Hall–Kier alpha value is -2.18. The number of hydrogen-bond donors (Lipinski definition) is 1. The highest BCUT2D eigenvalue weighted by molar-refractivity contribution is 5.90. The third-order valence-electron chi connectivity index (χ3n) is 2.64. The van der Waals surface area contributed by atoms with Crippen LogP contribution in [0.1, 0.15) is 42.8 Å². The van der Waals surface area contributed by atoms with Gasteiger partial charge in [0.1, 0.15) is 12.1 Å². The number of aryl methyl sites for hydroxylation is 1. The summed E-state index contributed by atoms with van der Waals surface area (Å²) in [5, 5.41) is 6.85. The summed E-state index contributed by atoms with van der Waals surface area (Å²) < 4.78 is 6.79. The maximum absolute atomic E-state index is 11.9. The van der Waals surface area contributed by atoms with Crippen molar-refractivity contribution in [2.24, 2.45) is 0 Å². The molecule has 0 aliphatic rings. The van der Waals surface area contributed by atoms with Gasteiger partial charge in [-0.1, -0.05) is 0 Å². The molecular formula is C12H17N5O2. The van der Waals surface area contributed by atoms with Crippen molar-refractivity contribution >= 4 is 5.91 Å². The van der Waals surface area contributed by atoms with Crippen molar-refractivity contribution in [1.29, 1.82) is 0 Å². The molecule has 19 heavy (non-hydrogen) atoms. The van der Waals surface area contributed by atoms with E-state index in [-0.39, 0.29) is 23.8 Å². The summed E-state index contributed by atoms with van der Waals surface area (Å²) in [6, 6.07) is 0. The summed E-state index contributed by atoms with van der Waals surface area (Å²) in [5.41, 5.74) is 0.557. The van der Waals surface area contributed by atoms with Crippen LogP contribution in [0.25, 0.3) is 0 Å². The van der Waals surface area contributed by atoms with E-state index < -0.39 is 0 Å². The highest BCUT2D eigenvalue weighted by atomic mass is 16.3. The molecular weight excluding hydrogens is 246 g/mol. The topological polar surface area (TPSA) is 85.8 Å². The molecule has 0 aliphatic carbocycles. The largest absolute Gasteiger partial charge is 0.446 e. The fraction of sp³-hybridized carbons (Fsp3) is 0.500. The molecule has 1 N–H and O–H groups in total. The zero-order valence-electron chi connectivity index (χ0n) is 11.5. The molecule has 0 spiro atoms. The predicted molar refractivity (Wildman–Crippen MR) is 67.4 cm³/mol. The number of amides is 1. The van der Waals surface area contributed by atoms with Crippen LogP contribution in [-0.2, 0) is 12.1 Å². The van der Waals surface area contributed by atoms with E-state index in [4.69, 9.17) is 4.42 Å². The Morgan fingerprint density at radius 2 is 2.16 bits per heavy atom. The number of oxazole rings is 1. The van der Waals surface area contributed by atoms with E-state index in [0.717, 1.165) is 5.69 Å². The maximum atomic E-state index is 11.9. The smallest absolute Gasteiger partial charge is 0.291 e. The van der Waals surface area contributed by atoms with E-state index in [9.17, 15) is 4.79 Å². The highest BCUT2D eigenvalue weighted by Gasteiger charge is 2.18. The average Bonchev–Trinajstić information content (AvgIpc) is 2.93. The van der Waals surface area contributed by atoms with Crippen LogP contribution < -0.4 is 5.32 Å². The number of rotatable bonds is 3. The van der Waals surface area contributed by atoms with Crippen LogP contribution in [0.5, 0.6) is 0 Å². The van der Waals surface area contributed by atoms with E-state index in [1.54, 1.807) is 11.0 Å². The second-order valence-electron chi connectivity index (χ2n) is 5.23. The molecule has 2 heterocycles. The Morgan fingerprint density at radius 1 is 1.42 bits per heavy atom. The Labute approximate surface area is 111 Å². The molecule has 0 atom stereocenters. The predicted octanol–water partition coefficient (Wildman–Crippen LogP) is 1.26. The van der Waals surface area contributed by atoms with Crippen molar-refractivity contribution < 1.29 is 9.21 Å². The fourth-order valence-electron chi connectivity index (χ4n) is 1.43. The number of aromatic nitrogens is 4. The third-order valence-corrected chi connectivity index (χ3v) is 2.64. The minimum absolute atomic E-state index is 0.145. The standard InChI is InChI=1S/C12H17N5O2/c1-8-9(19-7-15-8)5-13-11(18)10-14-6-17(16-10)12(2,3)4/h6-7H,5H2,1-4H3,(H,13,18). The maximum Gasteiger partial charge on any atom is 0.291 e. The molecule has 0 radical (unpaired) electrons. The summed E-state index contributed by atoms with van der Waals surface area (Å²) in [5.74, 6) is 0.439. The molecule has 0 unspecified atom stereocenters. The summed E-state index contributed by atoms with van der Waals surface area (Å²) in [4.78, 5) is 19.8. The van der Waals surface area contributed by atoms with Crippen LogP contribution in [0.4, 0.5) is 0 Å². The van der Waals surface area contributed by atoms with Gasteiger partial charge in [-0.15, -0.1) is 5.10 Å². The fourth-order valence-corrected chi connectivity index (χ4v) is 1.43. The first-order chi connectivity index (χ1) is 8.88. The molecule has 0 fully saturated rings. The van der Waals surface area contributed by atoms with Crippen molar-refractivity contribution in [2.75, 3.05) is 0 Å². The molecule has 0 bridgehead atoms. The third kappa shape index (κ3) is 2.98. The second-order valence-corrected chi connectivity index (χ2v) is 5.23. The summed E-state index contributed by atoms with van der Waals surface area (Å²) in [6.07, 6.45) is 2.90. The number of carbonyl (C=O) groups is 1. The van der Waals surface area contributed by atoms with Crippen LogP contribution in [0, 0.1) is 6.92 Å². The van der Waals surface area contributed by atoms with E-state index in [1.165, 1.54) is 6.39 Å². The molecule has 2 aromatic rings. The molecule has 102 valence electrons. The molecule has 2 aromatic heterocycles. The minimum atomic E-state index is -0.334. The van der Waals surface area contributed by atoms with Gasteiger partial charge in [-0.2, -0.15) is 0 Å². The van der Waals surface area contributed by atoms with E-state index in [1.807, 2.05) is 27.7 Å². The van der Waals surface area contributed by atoms with Crippen molar-refractivity contribution in [1.82, 2.24) is 25.1 Å². The number of nitrogens with one attached hydrogen (secondary N) is 1. The normalized spacial score (nSPS) is 11.6. The van der Waals surface area contributed by atoms with Gasteiger partial charge in [-0.25, -0.2) is 14.6 Å². The molecule has 0 aliphatic heterocycles. The van der Waals surface area contributed by atoms with Crippen molar-refractivity contribution in [3.63, 3.8) is 0 Å². The lowest BCUT2D eigenvalue weighted by molar-refractivity contribution is 0.0936. The van der Waals surface area contributed by atoms with Crippen LogP contribution in [-0.4, -0.2) is 25.7 Å². The molecule has 2 rings (SSSR count). The van der Waals surface area contributed by atoms with Gasteiger partial charge in [0.15, 0.2) is 6.39 Å². The summed E-state index contributed by atoms with van der Waals surface area (Å²) in [7, 11) is 0. The zero-order valence-corrected chi connectivity index (χ0v) is 11.5. The Balaban J connectivity index is 2.01. The minimum Gasteiger partial charge on any atom is -0.446 e. The van der Waals surface area contributed by atoms with Gasteiger partial charge >= 0.3 is 0 Å². The lowest BCUT2D eigenvalue weighted by atomic mass is 10.1. The molecule has 1 amide bonds. The molecule has 7 nitrogen and oxygen atoms in total. The Bertz CT molecular complexity index is 579. The van der Waals surface area contributed by atoms with E-state index in [2.05, 4.69) is 20.4 Å². The quantitative estimate of drug-likeness (QED) is 0.901. The van der Waals surface area contributed by atoms with Crippen molar-refractivity contribution in [3.05, 3.63) is 30.0 Å². The van der Waals surface area contributed by atoms with Crippen molar-refractivity contribution in [2.45, 2.75) is 39.8 Å². The first-order valence-corrected chi connectivity index (χ1v) is 5.97. The summed E-state index contributed by atoms with van der Waals surface area (Å²) in [6.45, 7) is 8.05. The Morgan fingerprint density at radius 3 is 2.68 bits per heavy atom.